The molecule has 1 N–H and O–H groups in total. The second-order valence-electron chi connectivity index (χ2n) is 5.89. The second kappa shape index (κ2) is 6.92. The summed E-state index contributed by atoms with van der Waals surface area (Å²) in [6.45, 7) is 1.46. The molecule has 1 aliphatic rings. The summed E-state index contributed by atoms with van der Waals surface area (Å²) in [6, 6.07) is 6.24. The maximum atomic E-state index is 12.1. The van der Waals surface area contributed by atoms with E-state index in [1.807, 2.05) is 18.2 Å². The van der Waals surface area contributed by atoms with Crippen molar-refractivity contribution in [3.8, 4) is 5.75 Å². The van der Waals surface area contributed by atoms with Crippen LogP contribution in [0.3, 0.4) is 0 Å². The van der Waals surface area contributed by atoms with Crippen molar-refractivity contribution < 1.29 is 4.74 Å². The standard InChI is InChI=1S/C17H23N3O2/c1-22-14-7-8-15-16(11-14)20(17(21)12-19-15)10-9-18-13-5-3-2-4-6-13/h7-8,11-13,18H,2-6,9-10H2,1H3. The molecule has 1 heterocycles. The lowest BCUT2D eigenvalue weighted by Gasteiger charge is -2.23. The van der Waals surface area contributed by atoms with Crippen LogP contribution in [0.15, 0.2) is 29.2 Å². The smallest absolute Gasteiger partial charge is 0.269 e. The zero-order chi connectivity index (χ0) is 15.4. The quantitative estimate of drug-likeness (QED) is 0.921. The average Bonchev–Trinajstić information content (AvgIpc) is 2.57. The van der Waals surface area contributed by atoms with Crippen LogP contribution in [0.1, 0.15) is 32.1 Å². The van der Waals surface area contributed by atoms with E-state index < -0.39 is 0 Å². The number of aromatic nitrogens is 2. The highest BCUT2D eigenvalue weighted by Gasteiger charge is 2.12. The number of hydrogen-bond acceptors (Lipinski definition) is 4. The topological polar surface area (TPSA) is 56.1 Å². The molecule has 2 aromatic rings. The molecule has 0 radical (unpaired) electrons. The first-order valence-electron chi connectivity index (χ1n) is 8.05. The first-order valence-corrected chi connectivity index (χ1v) is 8.05. The molecule has 0 atom stereocenters. The molecule has 1 saturated carbocycles. The van der Waals surface area contributed by atoms with E-state index in [0.29, 0.717) is 12.6 Å². The second-order valence-corrected chi connectivity index (χ2v) is 5.89. The normalized spacial score (nSPS) is 16.0. The minimum atomic E-state index is -0.0637. The van der Waals surface area contributed by atoms with Crippen LogP contribution >= 0.6 is 0 Å². The van der Waals surface area contributed by atoms with Gasteiger partial charge in [0.15, 0.2) is 0 Å². The van der Waals surface area contributed by atoms with Crippen LogP contribution in [-0.2, 0) is 6.54 Å². The summed E-state index contributed by atoms with van der Waals surface area (Å²) in [4.78, 5) is 16.4. The molecular formula is C17H23N3O2. The molecule has 0 saturated heterocycles. The van der Waals surface area contributed by atoms with Crippen LogP contribution in [0, 0.1) is 0 Å². The summed E-state index contributed by atoms with van der Waals surface area (Å²) in [7, 11) is 1.63. The Labute approximate surface area is 130 Å². The Kier molecular flexibility index (Phi) is 4.73. The molecule has 0 aliphatic heterocycles. The lowest BCUT2D eigenvalue weighted by Crippen LogP contribution is -2.35. The van der Waals surface area contributed by atoms with Crippen LogP contribution in [0.5, 0.6) is 5.75 Å². The van der Waals surface area contributed by atoms with E-state index in [2.05, 4.69) is 10.3 Å². The number of hydrogen-bond donors (Lipinski definition) is 1. The maximum Gasteiger partial charge on any atom is 0.269 e. The lowest BCUT2D eigenvalue weighted by atomic mass is 9.95. The van der Waals surface area contributed by atoms with Crippen molar-refractivity contribution in [1.29, 1.82) is 0 Å². The van der Waals surface area contributed by atoms with Crippen LogP contribution in [0.2, 0.25) is 0 Å². The zero-order valence-corrected chi connectivity index (χ0v) is 13.0. The van der Waals surface area contributed by atoms with Gasteiger partial charge in [0.2, 0.25) is 0 Å². The summed E-state index contributed by atoms with van der Waals surface area (Å²) in [5.74, 6) is 0.744. The van der Waals surface area contributed by atoms with E-state index in [9.17, 15) is 4.79 Å². The van der Waals surface area contributed by atoms with E-state index in [1.54, 1.807) is 11.7 Å². The third-order valence-electron chi connectivity index (χ3n) is 4.43. The third kappa shape index (κ3) is 3.30. The van der Waals surface area contributed by atoms with Gasteiger partial charge in [-0.2, -0.15) is 0 Å². The first-order chi connectivity index (χ1) is 10.8. The molecule has 5 heteroatoms. The van der Waals surface area contributed by atoms with E-state index >= 15 is 0 Å². The van der Waals surface area contributed by atoms with Crippen LogP contribution < -0.4 is 15.6 Å². The van der Waals surface area contributed by atoms with Crippen molar-refractivity contribution in [3.63, 3.8) is 0 Å². The fourth-order valence-electron chi connectivity index (χ4n) is 3.19. The molecule has 1 aliphatic carbocycles. The summed E-state index contributed by atoms with van der Waals surface area (Å²) in [5.41, 5.74) is 1.58. The van der Waals surface area contributed by atoms with Crippen LogP contribution in [-0.4, -0.2) is 29.2 Å². The molecule has 1 aromatic carbocycles. The predicted octanol–water partition coefficient (Wildman–Crippen LogP) is 2.33. The van der Waals surface area contributed by atoms with Gasteiger partial charge in [-0.15, -0.1) is 0 Å². The number of benzene rings is 1. The number of ether oxygens (including phenoxy) is 1. The van der Waals surface area contributed by atoms with Gasteiger partial charge in [0.05, 0.1) is 24.3 Å². The molecule has 118 valence electrons. The minimum absolute atomic E-state index is 0.0637. The minimum Gasteiger partial charge on any atom is -0.497 e. The Balaban J connectivity index is 1.76. The molecule has 3 rings (SSSR count). The largest absolute Gasteiger partial charge is 0.497 e. The van der Waals surface area contributed by atoms with Gasteiger partial charge in [-0.1, -0.05) is 19.3 Å². The number of methoxy groups -OCH3 is 1. The van der Waals surface area contributed by atoms with Crippen molar-refractivity contribution in [2.45, 2.75) is 44.7 Å². The SMILES string of the molecule is COc1ccc2ncc(=O)n(CCNC3CCCCC3)c2c1. The van der Waals surface area contributed by atoms with Gasteiger partial charge < -0.3 is 14.6 Å². The van der Waals surface area contributed by atoms with Gasteiger partial charge in [-0.25, -0.2) is 4.98 Å². The fraction of sp³-hybridized carbons (Fsp3) is 0.529. The highest BCUT2D eigenvalue weighted by atomic mass is 16.5. The number of nitrogens with one attached hydrogen (secondary N) is 1. The van der Waals surface area contributed by atoms with E-state index in [1.165, 1.54) is 38.3 Å². The maximum absolute atomic E-state index is 12.1. The Morgan fingerprint density at radius 3 is 2.91 bits per heavy atom. The first kappa shape index (κ1) is 15.0. The molecule has 0 bridgehead atoms. The summed E-state index contributed by atoms with van der Waals surface area (Å²) < 4.78 is 7.04. The highest BCUT2D eigenvalue weighted by molar-refractivity contribution is 5.76. The van der Waals surface area contributed by atoms with Crippen molar-refractivity contribution in [1.82, 2.24) is 14.9 Å². The van der Waals surface area contributed by atoms with Crippen LogP contribution in [0.25, 0.3) is 11.0 Å². The van der Waals surface area contributed by atoms with E-state index in [4.69, 9.17) is 4.74 Å². The van der Waals surface area contributed by atoms with Crippen molar-refractivity contribution in [2.24, 2.45) is 0 Å². The van der Waals surface area contributed by atoms with E-state index in [-0.39, 0.29) is 5.56 Å². The van der Waals surface area contributed by atoms with Gasteiger partial charge >= 0.3 is 0 Å². The Bertz CT molecular complexity index is 690. The average molecular weight is 301 g/mol. The molecule has 0 spiro atoms. The molecule has 0 amide bonds. The molecule has 1 aromatic heterocycles. The third-order valence-corrected chi connectivity index (χ3v) is 4.43. The monoisotopic (exact) mass is 301 g/mol. The summed E-state index contributed by atoms with van der Waals surface area (Å²) in [6.07, 6.45) is 7.88. The summed E-state index contributed by atoms with van der Waals surface area (Å²) in [5, 5.41) is 3.58. The Morgan fingerprint density at radius 2 is 2.14 bits per heavy atom. The van der Waals surface area contributed by atoms with Gasteiger partial charge in [0.25, 0.3) is 5.56 Å². The van der Waals surface area contributed by atoms with Crippen LogP contribution in [0.4, 0.5) is 0 Å². The number of nitrogens with zero attached hydrogens (tertiary/aromatic N) is 2. The molecule has 5 nitrogen and oxygen atoms in total. The van der Waals surface area contributed by atoms with Crippen molar-refractivity contribution in [3.05, 3.63) is 34.7 Å². The zero-order valence-electron chi connectivity index (χ0n) is 13.0. The number of rotatable bonds is 5. The van der Waals surface area contributed by atoms with Gasteiger partial charge in [-0.3, -0.25) is 4.79 Å². The molecule has 1 fully saturated rings. The van der Waals surface area contributed by atoms with Crippen molar-refractivity contribution in [2.75, 3.05) is 13.7 Å². The predicted molar refractivity (Wildman–Crippen MR) is 87.4 cm³/mol. The molecular weight excluding hydrogens is 278 g/mol. The fourth-order valence-corrected chi connectivity index (χ4v) is 3.19. The summed E-state index contributed by atoms with van der Waals surface area (Å²) >= 11 is 0. The Hall–Kier alpha value is -1.88. The van der Waals surface area contributed by atoms with Gasteiger partial charge in [-0.05, 0) is 25.0 Å². The molecule has 0 unspecified atom stereocenters. The molecule has 22 heavy (non-hydrogen) atoms. The highest BCUT2D eigenvalue weighted by Crippen LogP contribution is 2.18. The van der Waals surface area contributed by atoms with Gasteiger partial charge in [0.1, 0.15) is 5.75 Å². The lowest BCUT2D eigenvalue weighted by molar-refractivity contribution is 0.368. The van der Waals surface area contributed by atoms with E-state index in [0.717, 1.165) is 23.3 Å². The van der Waals surface area contributed by atoms with Gasteiger partial charge in [0, 0.05) is 25.2 Å². The van der Waals surface area contributed by atoms with Crippen molar-refractivity contribution >= 4 is 11.0 Å². The number of fused-ring (bicyclic) bond motifs is 1. The Morgan fingerprint density at radius 1 is 1.32 bits per heavy atom.